The third-order valence-electron chi connectivity index (χ3n) is 3.03. The van der Waals surface area contributed by atoms with Gasteiger partial charge in [0.2, 0.25) is 0 Å². The van der Waals surface area contributed by atoms with Crippen molar-refractivity contribution >= 4 is 22.0 Å². The van der Waals surface area contributed by atoms with Crippen LogP contribution < -0.4 is 4.90 Å². The van der Waals surface area contributed by atoms with Gasteiger partial charge in [0.25, 0.3) is 0 Å². The molecule has 0 amide bonds. The van der Waals surface area contributed by atoms with Crippen molar-refractivity contribution < 1.29 is 10.0 Å². The minimum atomic E-state index is -0.646. The Labute approximate surface area is 104 Å². The lowest BCUT2D eigenvalue weighted by Gasteiger charge is -2.14. The highest BCUT2D eigenvalue weighted by atomic mass is 32.1. The van der Waals surface area contributed by atoms with Crippen molar-refractivity contribution in [2.45, 2.75) is 26.4 Å². The molecule has 6 heteroatoms. The number of aliphatic hydroxyl groups is 1. The second-order valence-corrected chi connectivity index (χ2v) is 5.67. The summed E-state index contributed by atoms with van der Waals surface area (Å²) in [6.45, 7) is 5.50. The number of rotatable bonds is 3. The highest BCUT2D eigenvalue weighted by Crippen LogP contribution is 2.41. The summed E-state index contributed by atoms with van der Waals surface area (Å²) in [7, 11) is 0. The third kappa shape index (κ3) is 2.42. The second-order valence-electron chi connectivity index (χ2n) is 4.61. The molecule has 17 heavy (non-hydrogen) atoms. The molecule has 94 valence electrons. The molecule has 2 heterocycles. The Morgan fingerprint density at radius 1 is 1.71 bits per heavy atom. The fourth-order valence-electron chi connectivity index (χ4n) is 2.07. The lowest BCUT2D eigenvalue weighted by atomic mass is 10.2. The first-order valence-corrected chi connectivity index (χ1v) is 6.51. The number of anilines is 1. The molecular weight excluding hydrogens is 240 g/mol. The molecule has 1 aromatic heterocycles. The molecule has 1 saturated heterocycles. The maximum absolute atomic E-state index is 11.0. The van der Waals surface area contributed by atoms with Crippen LogP contribution >= 0.6 is 11.3 Å². The van der Waals surface area contributed by atoms with Gasteiger partial charge in [0.05, 0.1) is 11.0 Å². The lowest BCUT2D eigenvalue weighted by molar-refractivity contribution is -0.383. The summed E-state index contributed by atoms with van der Waals surface area (Å²) < 4.78 is 0. The van der Waals surface area contributed by atoms with Crippen LogP contribution in [0.25, 0.3) is 0 Å². The van der Waals surface area contributed by atoms with Crippen molar-refractivity contribution in [2.24, 2.45) is 5.92 Å². The van der Waals surface area contributed by atoms with E-state index in [-0.39, 0.29) is 10.6 Å². The third-order valence-corrected chi connectivity index (χ3v) is 4.39. The zero-order valence-corrected chi connectivity index (χ0v) is 10.7. The van der Waals surface area contributed by atoms with E-state index in [4.69, 9.17) is 0 Å². The van der Waals surface area contributed by atoms with E-state index in [2.05, 4.69) is 11.8 Å². The van der Waals surface area contributed by atoms with Gasteiger partial charge in [0.15, 0.2) is 5.00 Å². The summed E-state index contributed by atoms with van der Waals surface area (Å²) in [5.74, 6) is 0.576. The molecule has 1 aromatic rings. The van der Waals surface area contributed by atoms with Crippen LogP contribution in [0.3, 0.4) is 0 Å². The average molecular weight is 256 g/mol. The molecule has 0 saturated carbocycles. The molecule has 2 atom stereocenters. The summed E-state index contributed by atoms with van der Waals surface area (Å²) in [6.07, 6.45) is 0.423. The Hall–Kier alpha value is -1.14. The van der Waals surface area contributed by atoms with Gasteiger partial charge < -0.3 is 10.0 Å². The summed E-state index contributed by atoms with van der Waals surface area (Å²) >= 11 is 1.33. The van der Waals surface area contributed by atoms with Crippen LogP contribution in [0.15, 0.2) is 6.07 Å². The molecule has 2 unspecified atom stereocenters. The molecule has 1 aliphatic rings. The van der Waals surface area contributed by atoms with Gasteiger partial charge in [-0.3, -0.25) is 10.1 Å². The highest BCUT2D eigenvalue weighted by Gasteiger charge is 2.29. The quantitative estimate of drug-likeness (QED) is 0.666. The van der Waals surface area contributed by atoms with E-state index in [9.17, 15) is 15.2 Å². The van der Waals surface area contributed by atoms with Gasteiger partial charge in [0, 0.05) is 24.0 Å². The highest BCUT2D eigenvalue weighted by molar-refractivity contribution is 7.16. The first kappa shape index (κ1) is 12.3. The van der Waals surface area contributed by atoms with Crippen LogP contribution in [0.1, 0.15) is 31.2 Å². The number of aliphatic hydroxyl groups excluding tert-OH is 1. The fourth-order valence-corrected chi connectivity index (χ4v) is 3.17. The maximum Gasteiger partial charge on any atom is 0.304 e. The first-order valence-electron chi connectivity index (χ1n) is 5.70. The largest absolute Gasteiger partial charge is 0.388 e. The monoisotopic (exact) mass is 256 g/mol. The van der Waals surface area contributed by atoms with Gasteiger partial charge in [-0.05, 0) is 19.3 Å². The van der Waals surface area contributed by atoms with Crippen LogP contribution in [-0.4, -0.2) is 23.1 Å². The number of thiophene rings is 1. The maximum atomic E-state index is 11.0. The SMILES string of the molecule is CC1CCN(c2sc(C(C)O)cc2[N+](=O)[O-])C1. The van der Waals surface area contributed by atoms with Crippen LogP contribution in [0.5, 0.6) is 0 Å². The van der Waals surface area contributed by atoms with E-state index in [1.54, 1.807) is 6.92 Å². The molecule has 0 bridgehead atoms. The topological polar surface area (TPSA) is 66.6 Å². The Balaban J connectivity index is 2.34. The number of hydrogen-bond donors (Lipinski definition) is 1. The number of hydrogen-bond acceptors (Lipinski definition) is 5. The zero-order valence-electron chi connectivity index (χ0n) is 9.92. The molecule has 0 spiro atoms. The number of nitrogens with zero attached hydrogens (tertiary/aromatic N) is 2. The molecule has 2 rings (SSSR count). The Kier molecular flexibility index (Phi) is 3.35. The Morgan fingerprint density at radius 2 is 2.41 bits per heavy atom. The van der Waals surface area contributed by atoms with E-state index in [1.165, 1.54) is 17.4 Å². The second kappa shape index (κ2) is 4.62. The molecule has 1 aliphatic heterocycles. The predicted octanol–water partition coefficient (Wildman–Crippen LogP) is 2.56. The first-order chi connectivity index (χ1) is 7.99. The van der Waals surface area contributed by atoms with Crippen LogP contribution in [-0.2, 0) is 0 Å². The predicted molar refractivity (Wildman–Crippen MR) is 67.6 cm³/mol. The van der Waals surface area contributed by atoms with E-state index in [0.29, 0.717) is 15.8 Å². The molecular formula is C11H16N2O3S. The van der Waals surface area contributed by atoms with E-state index in [0.717, 1.165) is 19.5 Å². The average Bonchev–Trinajstić information content (AvgIpc) is 2.82. The van der Waals surface area contributed by atoms with Crippen molar-refractivity contribution in [1.29, 1.82) is 0 Å². The fraction of sp³-hybridized carbons (Fsp3) is 0.636. The van der Waals surface area contributed by atoms with E-state index >= 15 is 0 Å². The van der Waals surface area contributed by atoms with Gasteiger partial charge in [0.1, 0.15) is 0 Å². The lowest BCUT2D eigenvalue weighted by Crippen LogP contribution is -2.18. The van der Waals surface area contributed by atoms with E-state index < -0.39 is 6.10 Å². The smallest absolute Gasteiger partial charge is 0.304 e. The molecule has 0 aliphatic carbocycles. The van der Waals surface area contributed by atoms with Crippen molar-refractivity contribution in [2.75, 3.05) is 18.0 Å². The van der Waals surface area contributed by atoms with Gasteiger partial charge in [-0.15, -0.1) is 11.3 Å². The van der Waals surface area contributed by atoms with Gasteiger partial charge in [-0.1, -0.05) is 6.92 Å². The summed E-state index contributed by atoms with van der Waals surface area (Å²) in [5, 5.41) is 21.2. The minimum absolute atomic E-state index is 0.125. The summed E-state index contributed by atoms with van der Waals surface area (Å²) in [6, 6.07) is 1.49. The van der Waals surface area contributed by atoms with Crippen molar-refractivity contribution in [3.8, 4) is 0 Å². The Bertz CT molecular complexity index is 430. The minimum Gasteiger partial charge on any atom is -0.388 e. The van der Waals surface area contributed by atoms with Crippen LogP contribution in [0.2, 0.25) is 0 Å². The molecule has 1 N–H and O–H groups in total. The zero-order chi connectivity index (χ0) is 12.6. The van der Waals surface area contributed by atoms with Gasteiger partial charge >= 0.3 is 5.69 Å². The van der Waals surface area contributed by atoms with Crippen molar-refractivity contribution in [1.82, 2.24) is 0 Å². The molecule has 0 radical (unpaired) electrons. The molecule has 1 fully saturated rings. The van der Waals surface area contributed by atoms with Gasteiger partial charge in [-0.25, -0.2) is 0 Å². The normalized spacial score (nSPS) is 21.8. The molecule has 0 aromatic carbocycles. The van der Waals surface area contributed by atoms with Crippen molar-refractivity contribution in [3.05, 3.63) is 21.1 Å². The van der Waals surface area contributed by atoms with Crippen LogP contribution in [0.4, 0.5) is 10.7 Å². The summed E-state index contributed by atoms with van der Waals surface area (Å²) in [5.41, 5.74) is 0.125. The summed E-state index contributed by atoms with van der Waals surface area (Å²) in [4.78, 5) is 13.4. The van der Waals surface area contributed by atoms with E-state index in [1.807, 2.05) is 0 Å². The number of nitro groups is 1. The standard InChI is InChI=1S/C11H16N2O3S/c1-7-3-4-12(6-7)11-9(13(15)16)5-10(17-11)8(2)14/h5,7-8,14H,3-4,6H2,1-2H3. The van der Waals surface area contributed by atoms with Gasteiger partial charge in [-0.2, -0.15) is 0 Å². The Morgan fingerprint density at radius 3 is 2.88 bits per heavy atom. The van der Waals surface area contributed by atoms with Crippen LogP contribution in [0, 0.1) is 16.0 Å². The molecule has 5 nitrogen and oxygen atoms in total. The van der Waals surface area contributed by atoms with Crippen molar-refractivity contribution in [3.63, 3.8) is 0 Å².